The molecule has 12 heavy (non-hydrogen) atoms. The molecule has 1 aliphatic heterocycles. The van der Waals surface area contributed by atoms with Crippen molar-refractivity contribution >= 4 is 13.2 Å². The zero-order valence-corrected chi connectivity index (χ0v) is 8.12. The van der Waals surface area contributed by atoms with Gasteiger partial charge in [-0.15, -0.1) is 0 Å². The summed E-state index contributed by atoms with van der Waals surface area (Å²) in [6, 6.07) is 0.114. The molecule has 2 bridgehead atoms. The summed E-state index contributed by atoms with van der Waals surface area (Å²) in [7, 11) is -2.38. The van der Waals surface area contributed by atoms with Crippen molar-refractivity contribution in [2.24, 2.45) is 5.92 Å². The molecule has 1 fully saturated rings. The van der Waals surface area contributed by atoms with Crippen LogP contribution in [0.4, 0.5) is 0 Å². The highest BCUT2D eigenvalue weighted by Crippen LogP contribution is 2.51. The number of amides is 1. The van der Waals surface area contributed by atoms with Crippen LogP contribution in [0.3, 0.4) is 0 Å². The zero-order chi connectivity index (χ0) is 8.93. The number of carbonyl (C=O) groups excluding carboxylic acids is 1. The normalized spacial score (nSPS) is 33.5. The van der Waals surface area contributed by atoms with Gasteiger partial charge in [-0.3, -0.25) is 9.46 Å². The van der Waals surface area contributed by atoms with Gasteiger partial charge in [-0.2, -0.15) is 0 Å². The molecule has 1 amide bonds. The summed E-state index contributed by atoms with van der Waals surface area (Å²) >= 11 is 0. The van der Waals surface area contributed by atoms with E-state index in [1.54, 1.807) is 18.0 Å². The molecule has 0 radical (unpaired) electrons. The van der Waals surface area contributed by atoms with Crippen molar-refractivity contribution in [3.05, 3.63) is 12.2 Å². The third kappa shape index (κ3) is 0.962. The van der Waals surface area contributed by atoms with E-state index in [1.807, 2.05) is 12.2 Å². The fraction of sp³-hybridized carbons (Fsp3) is 0.625. The molecule has 3 nitrogen and oxygen atoms in total. The molecule has 0 aromatic carbocycles. The summed E-state index contributed by atoms with van der Waals surface area (Å²) in [5.74, 6) is 0.0686. The van der Waals surface area contributed by atoms with Gasteiger partial charge in [0.25, 0.3) is 0 Å². The van der Waals surface area contributed by atoms with Gasteiger partial charge in [0.15, 0.2) is 7.29 Å². The van der Waals surface area contributed by atoms with Crippen LogP contribution in [0.5, 0.6) is 0 Å². The van der Waals surface area contributed by atoms with Crippen LogP contribution in [0.1, 0.15) is 6.42 Å². The Hall–Kier alpha value is -0.560. The van der Waals surface area contributed by atoms with E-state index in [-0.39, 0.29) is 17.9 Å². The molecular weight excluding hydrogens is 173 g/mol. The smallest absolute Gasteiger partial charge is 0.235 e. The van der Waals surface area contributed by atoms with Crippen molar-refractivity contribution in [3.63, 3.8) is 0 Å². The number of nitrogens with zero attached hydrogens (tertiary/aromatic N) is 1. The fourth-order valence-corrected chi connectivity index (χ4v) is 3.48. The molecule has 66 valence electrons. The van der Waals surface area contributed by atoms with Gasteiger partial charge >= 0.3 is 0 Å². The second-order valence-electron chi connectivity index (χ2n) is 3.77. The van der Waals surface area contributed by atoms with Crippen LogP contribution in [0.15, 0.2) is 12.2 Å². The Labute approximate surface area is 71.9 Å². The number of hydrogen-bond donors (Lipinski definition) is 0. The second kappa shape index (κ2) is 2.23. The molecule has 0 N–H and O–H groups in total. The predicted octanol–water partition coefficient (Wildman–Crippen LogP) is 1.31. The largest absolute Gasteiger partial charge is 0.301 e. The van der Waals surface area contributed by atoms with Crippen molar-refractivity contribution in [1.82, 2.24) is 4.67 Å². The first-order valence-corrected chi connectivity index (χ1v) is 6.62. The molecule has 2 atom stereocenters. The quantitative estimate of drug-likeness (QED) is 0.456. The van der Waals surface area contributed by atoms with Gasteiger partial charge in [0.05, 0.1) is 12.0 Å². The van der Waals surface area contributed by atoms with Crippen LogP contribution in [-0.4, -0.2) is 29.9 Å². The van der Waals surface area contributed by atoms with Crippen molar-refractivity contribution in [3.8, 4) is 0 Å². The molecule has 2 aliphatic rings. The average molecular weight is 185 g/mol. The summed E-state index contributed by atoms with van der Waals surface area (Å²) in [4.78, 5) is 11.5. The first kappa shape index (κ1) is 8.06. The third-order valence-corrected chi connectivity index (χ3v) is 3.97. The van der Waals surface area contributed by atoms with Crippen LogP contribution in [0.25, 0.3) is 0 Å². The molecule has 0 saturated carbocycles. The van der Waals surface area contributed by atoms with Gasteiger partial charge in [0, 0.05) is 13.3 Å². The Morgan fingerprint density at radius 3 is 2.50 bits per heavy atom. The van der Waals surface area contributed by atoms with Crippen LogP contribution in [-0.2, 0) is 9.36 Å². The Bertz CT molecular complexity index is 304. The molecule has 0 aromatic heterocycles. The lowest BCUT2D eigenvalue weighted by molar-refractivity contribution is -0.126. The van der Waals surface area contributed by atoms with E-state index in [0.717, 1.165) is 6.42 Å². The maximum atomic E-state index is 11.7. The molecule has 2 rings (SSSR count). The van der Waals surface area contributed by atoms with Gasteiger partial charge in [-0.25, -0.2) is 0 Å². The van der Waals surface area contributed by atoms with Crippen molar-refractivity contribution in [2.45, 2.75) is 12.5 Å². The van der Waals surface area contributed by atoms with Gasteiger partial charge in [-0.1, -0.05) is 12.2 Å². The maximum absolute atomic E-state index is 11.7. The summed E-state index contributed by atoms with van der Waals surface area (Å²) in [6.07, 6.45) is 4.76. The summed E-state index contributed by atoms with van der Waals surface area (Å²) in [6.45, 7) is 3.30. The lowest BCUT2D eigenvalue weighted by Crippen LogP contribution is -2.31. The van der Waals surface area contributed by atoms with Crippen molar-refractivity contribution in [2.75, 3.05) is 13.3 Å². The zero-order valence-electron chi connectivity index (χ0n) is 7.23. The minimum Gasteiger partial charge on any atom is -0.301 e. The fourth-order valence-electron chi connectivity index (χ4n) is 1.97. The average Bonchev–Trinajstić information content (AvgIpc) is 2.42. The molecule has 1 heterocycles. The third-order valence-electron chi connectivity index (χ3n) is 2.44. The Morgan fingerprint density at radius 1 is 1.50 bits per heavy atom. The van der Waals surface area contributed by atoms with E-state index in [4.69, 9.17) is 0 Å². The number of fused-ring (bicyclic) bond motifs is 2. The Kier molecular flexibility index (Phi) is 1.50. The van der Waals surface area contributed by atoms with Gasteiger partial charge < -0.3 is 4.57 Å². The van der Waals surface area contributed by atoms with E-state index in [0.29, 0.717) is 0 Å². The number of rotatable bonds is 1. The number of carbonyl (C=O) groups is 1. The van der Waals surface area contributed by atoms with Crippen LogP contribution in [0.2, 0.25) is 0 Å². The van der Waals surface area contributed by atoms with Gasteiger partial charge in [0.2, 0.25) is 5.91 Å². The minimum atomic E-state index is -2.38. The number of hydrogen-bond acceptors (Lipinski definition) is 2. The minimum absolute atomic E-state index is 0.0169. The first-order chi connectivity index (χ1) is 5.50. The van der Waals surface area contributed by atoms with Crippen LogP contribution >= 0.6 is 7.29 Å². The standard InChI is InChI=1S/C8H12NO2P/c1-12(2,11)9-7-4-3-6(5-7)8(9)10/h3-4,6-7H,5H2,1-2H3. The maximum Gasteiger partial charge on any atom is 0.235 e. The molecule has 2 unspecified atom stereocenters. The first-order valence-electron chi connectivity index (χ1n) is 4.07. The summed E-state index contributed by atoms with van der Waals surface area (Å²) in [5.41, 5.74) is 0. The highest BCUT2D eigenvalue weighted by atomic mass is 31.2. The summed E-state index contributed by atoms with van der Waals surface area (Å²) in [5, 5.41) is 0. The molecule has 1 aliphatic carbocycles. The van der Waals surface area contributed by atoms with E-state index in [9.17, 15) is 9.36 Å². The highest BCUT2D eigenvalue weighted by molar-refractivity contribution is 7.60. The van der Waals surface area contributed by atoms with E-state index in [2.05, 4.69) is 0 Å². The molecule has 0 aromatic rings. The lowest BCUT2D eigenvalue weighted by Gasteiger charge is -2.27. The lowest BCUT2D eigenvalue weighted by atomic mass is 10.1. The van der Waals surface area contributed by atoms with Crippen LogP contribution < -0.4 is 0 Å². The van der Waals surface area contributed by atoms with Gasteiger partial charge in [0.1, 0.15) is 0 Å². The summed E-state index contributed by atoms with van der Waals surface area (Å²) < 4.78 is 13.3. The second-order valence-corrected chi connectivity index (χ2v) is 6.79. The topological polar surface area (TPSA) is 37.4 Å². The Morgan fingerprint density at radius 2 is 2.17 bits per heavy atom. The highest BCUT2D eigenvalue weighted by Gasteiger charge is 2.45. The van der Waals surface area contributed by atoms with Crippen molar-refractivity contribution in [1.29, 1.82) is 0 Å². The van der Waals surface area contributed by atoms with Gasteiger partial charge in [-0.05, 0) is 6.42 Å². The van der Waals surface area contributed by atoms with Crippen LogP contribution in [0, 0.1) is 5.92 Å². The molecular formula is C8H12NO2P. The Balaban J connectivity index is 2.36. The van der Waals surface area contributed by atoms with E-state index >= 15 is 0 Å². The molecule has 4 heteroatoms. The SMILES string of the molecule is CP(C)(=O)N1C(=O)C2C=CC1C2. The molecule has 1 saturated heterocycles. The van der Waals surface area contributed by atoms with E-state index in [1.165, 1.54) is 0 Å². The van der Waals surface area contributed by atoms with Crippen molar-refractivity contribution < 1.29 is 9.36 Å². The molecule has 0 spiro atoms. The van der Waals surface area contributed by atoms with E-state index < -0.39 is 7.29 Å². The monoisotopic (exact) mass is 185 g/mol. The predicted molar refractivity (Wildman–Crippen MR) is 47.3 cm³/mol.